The van der Waals surface area contributed by atoms with E-state index in [1.165, 1.54) is 10.4 Å². The van der Waals surface area contributed by atoms with E-state index in [2.05, 4.69) is 21.4 Å². The van der Waals surface area contributed by atoms with Crippen LogP contribution in [0.3, 0.4) is 0 Å². The standard InChI is InChI=1S/C11H13N3S/c1-9-2-3-10(5-14-9)4-12-6-11-7-13-8-15-11/h2-3,5,7-8,12H,4,6H2,1H3. The van der Waals surface area contributed by atoms with E-state index in [1.807, 2.05) is 30.9 Å². The second-order valence-electron chi connectivity index (χ2n) is 3.38. The predicted octanol–water partition coefficient (Wildman–Crippen LogP) is 2.14. The fourth-order valence-electron chi connectivity index (χ4n) is 1.26. The number of pyridine rings is 1. The lowest BCUT2D eigenvalue weighted by molar-refractivity contribution is 0.697. The van der Waals surface area contributed by atoms with Crippen LogP contribution < -0.4 is 5.32 Å². The molecule has 4 heteroatoms. The number of rotatable bonds is 4. The van der Waals surface area contributed by atoms with Gasteiger partial charge in [0.15, 0.2) is 0 Å². The van der Waals surface area contributed by atoms with Gasteiger partial charge in [0, 0.05) is 36.1 Å². The molecule has 2 aromatic rings. The van der Waals surface area contributed by atoms with Gasteiger partial charge in [0.2, 0.25) is 0 Å². The first-order valence-corrected chi connectivity index (χ1v) is 5.72. The fraction of sp³-hybridized carbons (Fsp3) is 0.273. The van der Waals surface area contributed by atoms with E-state index in [1.54, 1.807) is 11.3 Å². The zero-order valence-electron chi connectivity index (χ0n) is 8.60. The highest BCUT2D eigenvalue weighted by atomic mass is 32.1. The summed E-state index contributed by atoms with van der Waals surface area (Å²) < 4.78 is 0. The van der Waals surface area contributed by atoms with E-state index in [4.69, 9.17) is 0 Å². The molecule has 2 heterocycles. The Bertz CT molecular complexity index is 394. The molecule has 0 saturated heterocycles. The summed E-state index contributed by atoms with van der Waals surface area (Å²) in [5, 5.41) is 3.35. The Hall–Kier alpha value is -1.26. The van der Waals surface area contributed by atoms with Crippen molar-refractivity contribution in [2.45, 2.75) is 20.0 Å². The van der Waals surface area contributed by atoms with Crippen LogP contribution in [0.5, 0.6) is 0 Å². The van der Waals surface area contributed by atoms with Gasteiger partial charge in [-0.1, -0.05) is 6.07 Å². The van der Waals surface area contributed by atoms with Gasteiger partial charge in [-0.05, 0) is 18.6 Å². The fourth-order valence-corrected chi connectivity index (χ4v) is 1.83. The molecule has 15 heavy (non-hydrogen) atoms. The van der Waals surface area contributed by atoms with E-state index in [0.29, 0.717) is 0 Å². The molecule has 0 unspecified atom stereocenters. The monoisotopic (exact) mass is 219 g/mol. The smallest absolute Gasteiger partial charge is 0.0794 e. The summed E-state index contributed by atoms with van der Waals surface area (Å²) in [7, 11) is 0. The summed E-state index contributed by atoms with van der Waals surface area (Å²) in [5.41, 5.74) is 4.12. The van der Waals surface area contributed by atoms with Crippen molar-refractivity contribution in [2.24, 2.45) is 0 Å². The maximum Gasteiger partial charge on any atom is 0.0794 e. The van der Waals surface area contributed by atoms with Crippen LogP contribution in [-0.2, 0) is 13.1 Å². The highest BCUT2D eigenvalue weighted by Crippen LogP contribution is 2.05. The molecule has 0 bridgehead atoms. The van der Waals surface area contributed by atoms with Crippen LogP contribution in [0, 0.1) is 6.92 Å². The number of thiazole rings is 1. The van der Waals surface area contributed by atoms with E-state index in [0.717, 1.165) is 18.8 Å². The van der Waals surface area contributed by atoms with Crippen molar-refractivity contribution in [3.63, 3.8) is 0 Å². The molecule has 2 rings (SSSR count). The van der Waals surface area contributed by atoms with Gasteiger partial charge in [-0.15, -0.1) is 11.3 Å². The molecule has 0 aliphatic heterocycles. The Labute approximate surface area is 93.2 Å². The lowest BCUT2D eigenvalue weighted by Crippen LogP contribution is -2.11. The van der Waals surface area contributed by atoms with Crippen LogP contribution in [-0.4, -0.2) is 9.97 Å². The van der Waals surface area contributed by atoms with Crippen molar-refractivity contribution in [3.8, 4) is 0 Å². The molecule has 1 N–H and O–H groups in total. The Morgan fingerprint density at radius 3 is 2.87 bits per heavy atom. The molecule has 0 radical (unpaired) electrons. The highest BCUT2D eigenvalue weighted by Gasteiger charge is 1.95. The van der Waals surface area contributed by atoms with Gasteiger partial charge in [0.05, 0.1) is 5.51 Å². The van der Waals surface area contributed by atoms with Crippen LogP contribution in [0.2, 0.25) is 0 Å². The summed E-state index contributed by atoms with van der Waals surface area (Å²) in [6.45, 7) is 3.72. The molecule has 0 aromatic carbocycles. The number of hydrogen-bond donors (Lipinski definition) is 1. The van der Waals surface area contributed by atoms with E-state index in [9.17, 15) is 0 Å². The number of aryl methyl sites for hydroxylation is 1. The molecule has 0 spiro atoms. The highest BCUT2D eigenvalue weighted by molar-refractivity contribution is 7.09. The average molecular weight is 219 g/mol. The third-order valence-electron chi connectivity index (χ3n) is 2.08. The molecular weight excluding hydrogens is 206 g/mol. The molecule has 0 amide bonds. The quantitative estimate of drug-likeness (QED) is 0.856. The second-order valence-corrected chi connectivity index (χ2v) is 4.35. The van der Waals surface area contributed by atoms with Crippen LogP contribution in [0.1, 0.15) is 16.1 Å². The molecule has 78 valence electrons. The zero-order valence-corrected chi connectivity index (χ0v) is 9.42. The van der Waals surface area contributed by atoms with Gasteiger partial charge in [-0.2, -0.15) is 0 Å². The van der Waals surface area contributed by atoms with Gasteiger partial charge >= 0.3 is 0 Å². The van der Waals surface area contributed by atoms with Crippen molar-refractivity contribution in [2.75, 3.05) is 0 Å². The second kappa shape index (κ2) is 5.00. The number of hydrogen-bond acceptors (Lipinski definition) is 4. The predicted molar refractivity (Wildman–Crippen MR) is 61.6 cm³/mol. The van der Waals surface area contributed by atoms with Crippen LogP contribution in [0.25, 0.3) is 0 Å². The first-order valence-electron chi connectivity index (χ1n) is 4.84. The number of aromatic nitrogens is 2. The van der Waals surface area contributed by atoms with Crippen molar-refractivity contribution >= 4 is 11.3 Å². The number of nitrogens with one attached hydrogen (secondary N) is 1. The van der Waals surface area contributed by atoms with Crippen LogP contribution in [0.4, 0.5) is 0 Å². The normalized spacial score (nSPS) is 10.5. The molecule has 0 aliphatic carbocycles. The Kier molecular flexibility index (Phi) is 3.42. The molecule has 0 saturated carbocycles. The van der Waals surface area contributed by atoms with Gasteiger partial charge in [0.25, 0.3) is 0 Å². The van der Waals surface area contributed by atoms with Crippen molar-refractivity contribution < 1.29 is 0 Å². The van der Waals surface area contributed by atoms with Crippen molar-refractivity contribution in [3.05, 3.63) is 46.2 Å². The lowest BCUT2D eigenvalue weighted by atomic mass is 10.2. The van der Waals surface area contributed by atoms with Gasteiger partial charge < -0.3 is 5.32 Å². The molecule has 0 atom stereocenters. The first kappa shape index (κ1) is 10.3. The minimum atomic E-state index is 0.852. The number of nitrogens with zero attached hydrogens (tertiary/aromatic N) is 2. The summed E-state index contributed by atoms with van der Waals surface area (Å²) in [6.07, 6.45) is 3.81. The van der Waals surface area contributed by atoms with E-state index >= 15 is 0 Å². The summed E-state index contributed by atoms with van der Waals surface area (Å²) in [6, 6.07) is 4.13. The summed E-state index contributed by atoms with van der Waals surface area (Å²) >= 11 is 1.67. The Morgan fingerprint density at radius 1 is 1.27 bits per heavy atom. The molecule has 2 aromatic heterocycles. The van der Waals surface area contributed by atoms with Crippen LogP contribution >= 0.6 is 11.3 Å². The first-order chi connectivity index (χ1) is 7.34. The molecule has 3 nitrogen and oxygen atoms in total. The Balaban J connectivity index is 1.81. The van der Waals surface area contributed by atoms with Crippen LogP contribution in [0.15, 0.2) is 30.0 Å². The maximum atomic E-state index is 4.25. The van der Waals surface area contributed by atoms with Gasteiger partial charge in [-0.25, -0.2) is 0 Å². The third kappa shape index (κ3) is 3.11. The SMILES string of the molecule is Cc1ccc(CNCc2cncs2)cn1. The van der Waals surface area contributed by atoms with Crippen molar-refractivity contribution in [1.29, 1.82) is 0 Å². The molecular formula is C11H13N3S. The van der Waals surface area contributed by atoms with Gasteiger partial charge in [-0.3, -0.25) is 9.97 Å². The average Bonchev–Trinajstić information content (AvgIpc) is 2.74. The lowest BCUT2D eigenvalue weighted by Gasteiger charge is -2.02. The van der Waals surface area contributed by atoms with E-state index in [-0.39, 0.29) is 0 Å². The Morgan fingerprint density at radius 2 is 2.20 bits per heavy atom. The molecule has 0 fully saturated rings. The topological polar surface area (TPSA) is 37.8 Å². The summed E-state index contributed by atoms with van der Waals surface area (Å²) in [5.74, 6) is 0. The minimum absolute atomic E-state index is 0.852. The minimum Gasteiger partial charge on any atom is -0.308 e. The summed E-state index contributed by atoms with van der Waals surface area (Å²) in [4.78, 5) is 9.53. The largest absolute Gasteiger partial charge is 0.308 e. The van der Waals surface area contributed by atoms with E-state index < -0.39 is 0 Å². The van der Waals surface area contributed by atoms with Gasteiger partial charge in [0.1, 0.15) is 0 Å². The maximum absolute atomic E-state index is 4.25. The zero-order chi connectivity index (χ0) is 10.5. The third-order valence-corrected chi connectivity index (χ3v) is 2.86. The van der Waals surface area contributed by atoms with Crippen molar-refractivity contribution in [1.82, 2.24) is 15.3 Å². The molecule has 0 aliphatic rings.